The van der Waals surface area contributed by atoms with E-state index in [9.17, 15) is 4.79 Å². The van der Waals surface area contributed by atoms with Crippen LogP contribution in [0, 0.1) is 6.92 Å². The predicted octanol–water partition coefficient (Wildman–Crippen LogP) is 4.33. The van der Waals surface area contributed by atoms with Gasteiger partial charge in [0.05, 0.1) is 0 Å². The Morgan fingerprint density at radius 3 is 2.59 bits per heavy atom. The van der Waals surface area contributed by atoms with Crippen LogP contribution in [0.25, 0.3) is 0 Å². The summed E-state index contributed by atoms with van der Waals surface area (Å²) in [6.07, 6.45) is 1.78. The summed E-state index contributed by atoms with van der Waals surface area (Å²) >= 11 is 6.19. The lowest BCUT2D eigenvalue weighted by atomic mass is 10.0. The Morgan fingerprint density at radius 2 is 2.00 bits per heavy atom. The van der Waals surface area contributed by atoms with E-state index >= 15 is 0 Å². The topological polar surface area (TPSA) is 29.5 Å². The van der Waals surface area contributed by atoms with Gasteiger partial charge in [-0.25, -0.2) is 0 Å². The van der Waals surface area contributed by atoms with Crippen molar-refractivity contribution in [2.24, 2.45) is 0 Å². The number of ether oxygens (including phenoxy) is 1. The molecule has 1 aromatic carbocycles. The Bertz CT molecular complexity index is 571. The van der Waals surface area contributed by atoms with Crippen LogP contribution in [0.15, 0.2) is 24.3 Å². The van der Waals surface area contributed by atoms with E-state index in [0.717, 1.165) is 47.8 Å². The molecular formula is C18H24ClNO2. The van der Waals surface area contributed by atoms with Crippen LogP contribution >= 0.6 is 11.6 Å². The molecule has 4 heteroatoms. The van der Waals surface area contributed by atoms with E-state index in [-0.39, 0.29) is 12.5 Å². The van der Waals surface area contributed by atoms with Gasteiger partial charge in [-0.05, 0) is 48.9 Å². The first kappa shape index (κ1) is 16.9. The molecule has 0 atom stereocenters. The van der Waals surface area contributed by atoms with Crippen LogP contribution in [-0.2, 0) is 4.79 Å². The van der Waals surface area contributed by atoms with E-state index in [0.29, 0.717) is 5.92 Å². The highest BCUT2D eigenvalue weighted by Gasteiger charge is 2.19. The van der Waals surface area contributed by atoms with Crippen LogP contribution in [0.1, 0.15) is 43.7 Å². The SMILES string of the molecule is C=C1CCN(C(=O)COc2cc(C)c(Cl)cc2C(C)C)CC1. The smallest absolute Gasteiger partial charge is 0.260 e. The molecule has 0 radical (unpaired) electrons. The number of amides is 1. The highest BCUT2D eigenvalue weighted by molar-refractivity contribution is 6.31. The van der Waals surface area contributed by atoms with E-state index in [1.165, 1.54) is 5.57 Å². The maximum absolute atomic E-state index is 12.3. The maximum Gasteiger partial charge on any atom is 0.260 e. The van der Waals surface area contributed by atoms with Crippen LogP contribution in [0.4, 0.5) is 0 Å². The summed E-state index contributed by atoms with van der Waals surface area (Å²) in [5.41, 5.74) is 3.22. The van der Waals surface area contributed by atoms with Crippen molar-refractivity contribution in [2.45, 2.75) is 39.5 Å². The van der Waals surface area contributed by atoms with Gasteiger partial charge in [-0.15, -0.1) is 0 Å². The number of halogens is 1. The van der Waals surface area contributed by atoms with E-state index in [1.807, 2.05) is 24.0 Å². The zero-order valence-corrected chi connectivity index (χ0v) is 14.4. The van der Waals surface area contributed by atoms with Crippen LogP contribution in [0.5, 0.6) is 5.75 Å². The molecule has 1 heterocycles. The molecule has 1 aromatic rings. The summed E-state index contributed by atoms with van der Waals surface area (Å²) in [4.78, 5) is 14.1. The number of likely N-dealkylation sites (tertiary alicyclic amines) is 1. The number of aryl methyl sites for hydroxylation is 1. The molecule has 120 valence electrons. The Balaban J connectivity index is 2.03. The number of hydrogen-bond acceptors (Lipinski definition) is 2. The third-order valence-electron chi connectivity index (χ3n) is 4.09. The van der Waals surface area contributed by atoms with Crippen LogP contribution < -0.4 is 4.74 Å². The predicted molar refractivity (Wildman–Crippen MR) is 90.7 cm³/mol. The van der Waals surface area contributed by atoms with Crippen molar-refractivity contribution in [1.29, 1.82) is 0 Å². The van der Waals surface area contributed by atoms with Gasteiger partial charge in [0, 0.05) is 18.1 Å². The minimum Gasteiger partial charge on any atom is -0.483 e. The molecule has 0 unspecified atom stereocenters. The van der Waals surface area contributed by atoms with Gasteiger partial charge in [-0.2, -0.15) is 0 Å². The molecular weight excluding hydrogens is 298 g/mol. The molecule has 0 N–H and O–H groups in total. The second-order valence-corrected chi connectivity index (χ2v) is 6.62. The number of carbonyl (C=O) groups excluding carboxylic acids is 1. The second-order valence-electron chi connectivity index (χ2n) is 6.21. The molecule has 0 saturated carbocycles. The summed E-state index contributed by atoms with van der Waals surface area (Å²) in [7, 11) is 0. The Labute approximate surface area is 137 Å². The lowest BCUT2D eigenvalue weighted by Crippen LogP contribution is -2.39. The highest BCUT2D eigenvalue weighted by Crippen LogP contribution is 2.32. The molecule has 3 nitrogen and oxygen atoms in total. The zero-order chi connectivity index (χ0) is 16.3. The van der Waals surface area contributed by atoms with Crippen LogP contribution in [0.2, 0.25) is 5.02 Å². The highest BCUT2D eigenvalue weighted by atomic mass is 35.5. The molecule has 2 rings (SSSR count). The number of rotatable bonds is 4. The van der Waals surface area contributed by atoms with E-state index in [1.54, 1.807) is 0 Å². The van der Waals surface area contributed by atoms with Crippen molar-refractivity contribution in [2.75, 3.05) is 19.7 Å². The summed E-state index contributed by atoms with van der Waals surface area (Å²) in [6.45, 7) is 11.7. The van der Waals surface area contributed by atoms with Gasteiger partial charge in [0.1, 0.15) is 5.75 Å². The Hall–Kier alpha value is -1.48. The number of benzene rings is 1. The van der Waals surface area contributed by atoms with Gasteiger partial charge < -0.3 is 9.64 Å². The van der Waals surface area contributed by atoms with Crippen molar-refractivity contribution < 1.29 is 9.53 Å². The van der Waals surface area contributed by atoms with E-state index in [4.69, 9.17) is 16.3 Å². The van der Waals surface area contributed by atoms with Crippen molar-refractivity contribution in [3.63, 3.8) is 0 Å². The Morgan fingerprint density at radius 1 is 1.36 bits per heavy atom. The average molecular weight is 322 g/mol. The van der Waals surface area contributed by atoms with Crippen LogP contribution in [-0.4, -0.2) is 30.5 Å². The molecule has 22 heavy (non-hydrogen) atoms. The van der Waals surface area contributed by atoms with Crippen molar-refractivity contribution in [1.82, 2.24) is 4.90 Å². The van der Waals surface area contributed by atoms with Crippen LogP contribution in [0.3, 0.4) is 0 Å². The lowest BCUT2D eigenvalue weighted by Gasteiger charge is -2.28. The lowest BCUT2D eigenvalue weighted by molar-refractivity contribution is -0.133. The third kappa shape index (κ3) is 4.04. The molecule has 0 spiro atoms. The fourth-order valence-corrected chi connectivity index (χ4v) is 2.72. The molecule has 1 aliphatic rings. The van der Waals surface area contributed by atoms with Crippen molar-refractivity contribution in [3.8, 4) is 5.75 Å². The molecule has 0 aromatic heterocycles. The minimum absolute atomic E-state index is 0.0369. The number of piperidine rings is 1. The molecule has 1 amide bonds. The molecule has 0 aliphatic carbocycles. The zero-order valence-electron chi connectivity index (χ0n) is 13.6. The molecule has 1 saturated heterocycles. The average Bonchev–Trinajstić information content (AvgIpc) is 2.48. The fourth-order valence-electron chi connectivity index (χ4n) is 2.55. The summed E-state index contributed by atoms with van der Waals surface area (Å²) in [6, 6.07) is 3.86. The number of carbonyl (C=O) groups is 1. The van der Waals surface area contributed by atoms with Gasteiger partial charge in [0.15, 0.2) is 6.61 Å². The molecule has 1 fully saturated rings. The van der Waals surface area contributed by atoms with Gasteiger partial charge in [-0.1, -0.05) is 37.6 Å². The van der Waals surface area contributed by atoms with Crippen molar-refractivity contribution >= 4 is 17.5 Å². The maximum atomic E-state index is 12.3. The standard InChI is InChI=1S/C18H24ClNO2/c1-12(2)15-10-16(19)14(4)9-17(15)22-11-18(21)20-7-5-13(3)6-8-20/h9-10,12H,3,5-8,11H2,1-2,4H3. The first-order valence-corrected chi connectivity index (χ1v) is 8.13. The second kappa shape index (κ2) is 7.19. The number of nitrogens with zero attached hydrogens (tertiary/aromatic N) is 1. The van der Waals surface area contributed by atoms with Gasteiger partial charge in [0.2, 0.25) is 0 Å². The molecule has 1 aliphatic heterocycles. The fraction of sp³-hybridized carbons (Fsp3) is 0.500. The summed E-state index contributed by atoms with van der Waals surface area (Å²) in [5, 5.41) is 0.733. The minimum atomic E-state index is 0.0369. The Kier molecular flexibility index (Phi) is 5.52. The van der Waals surface area contributed by atoms with Gasteiger partial charge in [0.25, 0.3) is 5.91 Å². The van der Waals surface area contributed by atoms with Gasteiger partial charge >= 0.3 is 0 Å². The summed E-state index contributed by atoms with van der Waals surface area (Å²) < 4.78 is 5.80. The summed E-state index contributed by atoms with van der Waals surface area (Å²) in [5.74, 6) is 1.09. The first-order chi connectivity index (χ1) is 10.4. The van der Waals surface area contributed by atoms with Crippen molar-refractivity contribution in [3.05, 3.63) is 40.4 Å². The van der Waals surface area contributed by atoms with E-state index in [2.05, 4.69) is 20.4 Å². The first-order valence-electron chi connectivity index (χ1n) is 7.75. The monoisotopic (exact) mass is 321 g/mol. The largest absolute Gasteiger partial charge is 0.483 e. The normalized spacial score (nSPS) is 15.3. The third-order valence-corrected chi connectivity index (χ3v) is 4.49. The molecule has 0 bridgehead atoms. The quantitative estimate of drug-likeness (QED) is 0.772. The van der Waals surface area contributed by atoms with Gasteiger partial charge in [-0.3, -0.25) is 4.79 Å². The number of hydrogen-bond donors (Lipinski definition) is 0. The van der Waals surface area contributed by atoms with E-state index < -0.39 is 0 Å².